The molecule has 4 saturated carbocycles. The number of anilines is 2. The van der Waals surface area contributed by atoms with Crippen LogP contribution in [0.15, 0.2) is 18.2 Å². The van der Waals surface area contributed by atoms with Gasteiger partial charge in [0.2, 0.25) is 15.9 Å². The number of benzene rings is 1. The number of amides is 1. The summed E-state index contributed by atoms with van der Waals surface area (Å²) in [6.45, 7) is 0. The zero-order chi connectivity index (χ0) is 18.5. The lowest BCUT2D eigenvalue weighted by Gasteiger charge is -2.55. The molecule has 1 aromatic rings. The molecule has 0 atom stereocenters. The van der Waals surface area contributed by atoms with Crippen molar-refractivity contribution in [3.8, 4) is 5.75 Å². The van der Waals surface area contributed by atoms with Gasteiger partial charge in [0.15, 0.2) is 0 Å². The van der Waals surface area contributed by atoms with Crippen LogP contribution in [0.2, 0.25) is 0 Å². The minimum Gasteiger partial charge on any atom is -0.494 e. The minimum atomic E-state index is -3.39. The summed E-state index contributed by atoms with van der Waals surface area (Å²) in [6, 6.07) is 5.01. The van der Waals surface area contributed by atoms with Gasteiger partial charge in [-0.25, -0.2) is 8.42 Å². The van der Waals surface area contributed by atoms with Crippen LogP contribution in [0.1, 0.15) is 38.5 Å². The monoisotopic (exact) mass is 378 g/mol. The largest absolute Gasteiger partial charge is 0.494 e. The molecule has 142 valence electrons. The van der Waals surface area contributed by atoms with E-state index in [1.54, 1.807) is 18.2 Å². The van der Waals surface area contributed by atoms with Crippen molar-refractivity contribution < 1.29 is 17.9 Å². The Hall–Kier alpha value is -1.76. The van der Waals surface area contributed by atoms with Crippen LogP contribution in [0.4, 0.5) is 11.4 Å². The number of sulfonamides is 1. The lowest BCUT2D eigenvalue weighted by Crippen LogP contribution is -2.51. The molecule has 0 unspecified atom stereocenters. The average molecular weight is 378 g/mol. The Balaban J connectivity index is 1.53. The molecule has 0 aromatic heterocycles. The Kier molecular flexibility index (Phi) is 4.17. The van der Waals surface area contributed by atoms with E-state index in [9.17, 15) is 13.2 Å². The zero-order valence-electron chi connectivity index (χ0n) is 15.2. The first-order valence-corrected chi connectivity index (χ1v) is 11.1. The van der Waals surface area contributed by atoms with E-state index in [2.05, 4.69) is 10.0 Å². The van der Waals surface area contributed by atoms with Gasteiger partial charge in [-0.2, -0.15) is 0 Å². The molecule has 0 radical (unpaired) electrons. The molecule has 4 fully saturated rings. The number of carbonyl (C=O) groups excluding carboxylic acids is 1. The van der Waals surface area contributed by atoms with Gasteiger partial charge < -0.3 is 10.1 Å². The SMILES string of the molecule is COc1cc(NC(=O)C23CC4CC(CC(C4)C2)C3)ccc1NS(C)(=O)=O. The van der Waals surface area contributed by atoms with E-state index in [4.69, 9.17) is 4.74 Å². The van der Waals surface area contributed by atoms with Gasteiger partial charge in [-0.05, 0) is 68.4 Å². The van der Waals surface area contributed by atoms with Gasteiger partial charge >= 0.3 is 0 Å². The summed E-state index contributed by atoms with van der Waals surface area (Å²) in [6.07, 6.45) is 8.01. The second-order valence-corrected chi connectivity index (χ2v) is 10.2. The van der Waals surface area contributed by atoms with Crippen molar-refractivity contribution in [1.82, 2.24) is 0 Å². The molecule has 0 aliphatic heterocycles. The fourth-order valence-corrected chi connectivity index (χ4v) is 6.27. The molecule has 1 amide bonds. The molecule has 4 bridgehead atoms. The van der Waals surface area contributed by atoms with E-state index >= 15 is 0 Å². The van der Waals surface area contributed by atoms with Crippen LogP contribution in [0, 0.1) is 23.2 Å². The summed E-state index contributed by atoms with van der Waals surface area (Å²) >= 11 is 0. The van der Waals surface area contributed by atoms with Crippen LogP contribution >= 0.6 is 0 Å². The number of ether oxygens (including phenoxy) is 1. The number of methoxy groups -OCH3 is 1. The predicted molar refractivity (Wildman–Crippen MR) is 101 cm³/mol. The van der Waals surface area contributed by atoms with Crippen LogP contribution in [0.3, 0.4) is 0 Å². The summed E-state index contributed by atoms with van der Waals surface area (Å²) < 4.78 is 30.6. The Morgan fingerprint density at radius 2 is 1.69 bits per heavy atom. The molecule has 26 heavy (non-hydrogen) atoms. The average Bonchev–Trinajstić information content (AvgIpc) is 2.53. The molecular weight excluding hydrogens is 352 g/mol. The first kappa shape index (κ1) is 17.6. The Labute approximate surface area is 154 Å². The number of hydrogen-bond acceptors (Lipinski definition) is 4. The molecule has 0 heterocycles. The topological polar surface area (TPSA) is 84.5 Å². The molecule has 4 aliphatic rings. The number of rotatable bonds is 5. The van der Waals surface area contributed by atoms with Crippen molar-refractivity contribution in [3.63, 3.8) is 0 Å². The van der Waals surface area contributed by atoms with Crippen LogP contribution in [0.5, 0.6) is 5.75 Å². The van der Waals surface area contributed by atoms with E-state index < -0.39 is 10.0 Å². The standard InChI is InChI=1S/C19H26N2O4S/c1-25-17-8-15(3-4-16(17)21-26(2,23)24)20-18(22)19-9-12-5-13(10-19)7-14(6-12)11-19/h3-4,8,12-14,21H,5-7,9-11H2,1-2H3,(H,20,22). The van der Waals surface area contributed by atoms with Crippen LogP contribution in [-0.4, -0.2) is 27.7 Å². The van der Waals surface area contributed by atoms with Gasteiger partial charge in [-0.15, -0.1) is 0 Å². The molecule has 0 saturated heterocycles. The fourth-order valence-electron chi connectivity index (χ4n) is 5.71. The van der Waals surface area contributed by atoms with E-state index in [0.29, 0.717) is 34.9 Å². The minimum absolute atomic E-state index is 0.113. The first-order chi connectivity index (χ1) is 12.3. The van der Waals surface area contributed by atoms with Gasteiger partial charge in [0, 0.05) is 11.8 Å². The van der Waals surface area contributed by atoms with E-state index in [1.807, 2.05) is 0 Å². The molecule has 7 heteroatoms. The number of hydrogen-bond donors (Lipinski definition) is 2. The Morgan fingerprint density at radius 1 is 1.12 bits per heavy atom. The summed E-state index contributed by atoms with van der Waals surface area (Å²) in [7, 11) is -1.91. The van der Waals surface area contributed by atoms with Crippen molar-refractivity contribution >= 4 is 27.3 Å². The molecule has 5 rings (SSSR count). The highest BCUT2D eigenvalue weighted by Gasteiger charge is 2.54. The summed E-state index contributed by atoms with van der Waals surface area (Å²) in [5.74, 6) is 2.63. The van der Waals surface area contributed by atoms with Crippen molar-refractivity contribution in [2.75, 3.05) is 23.4 Å². The molecule has 1 aromatic carbocycles. The third kappa shape index (κ3) is 3.29. The maximum Gasteiger partial charge on any atom is 0.230 e. The third-order valence-corrected chi connectivity index (χ3v) is 6.87. The maximum absolute atomic E-state index is 13.1. The first-order valence-electron chi connectivity index (χ1n) is 9.24. The normalized spacial score (nSPS) is 32.3. The van der Waals surface area contributed by atoms with Gasteiger partial charge in [0.25, 0.3) is 0 Å². The van der Waals surface area contributed by atoms with Gasteiger partial charge in [-0.1, -0.05) is 0 Å². The van der Waals surface area contributed by atoms with E-state index in [-0.39, 0.29) is 11.3 Å². The highest BCUT2D eigenvalue weighted by Crippen LogP contribution is 2.60. The van der Waals surface area contributed by atoms with Crippen LogP contribution in [-0.2, 0) is 14.8 Å². The number of carbonyl (C=O) groups is 1. The maximum atomic E-state index is 13.1. The lowest BCUT2D eigenvalue weighted by atomic mass is 9.49. The fraction of sp³-hybridized carbons (Fsp3) is 0.632. The van der Waals surface area contributed by atoms with E-state index in [0.717, 1.165) is 25.5 Å². The van der Waals surface area contributed by atoms with Crippen molar-refractivity contribution in [1.29, 1.82) is 0 Å². The van der Waals surface area contributed by atoms with Gasteiger partial charge in [-0.3, -0.25) is 9.52 Å². The Bertz CT molecular complexity index is 799. The highest BCUT2D eigenvalue weighted by atomic mass is 32.2. The molecule has 2 N–H and O–H groups in total. The molecule has 6 nitrogen and oxygen atoms in total. The van der Waals surface area contributed by atoms with Crippen LogP contribution < -0.4 is 14.8 Å². The lowest BCUT2D eigenvalue weighted by molar-refractivity contribution is -0.140. The van der Waals surface area contributed by atoms with Crippen LogP contribution in [0.25, 0.3) is 0 Å². The second kappa shape index (κ2) is 6.15. The van der Waals surface area contributed by atoms with Crippen molar-refractivity contribution in [2.45, 2.75) is 38.5 Å². The quantitative estimate of drug-likeness (QED) is 0.824. The van der Waals surface area contributed by atoms with Crippen molar-refractivity contribution in [2.24, 2.45) is 23.2 Å². The summed E-state index contributed by atoms with van der Waals surface area (Å²) in [4.78, 5) is 13.1. The summed E-state index contributed by atoms with van der Waals surface area (Å²) in [5, 5.41) is 3.07. The smallest absolute Gasteiger partial charge is 0.230 e. The third-order valence-electron chi connectivity index (χ3n) is 6.27. The second-order valence-electron chi connectivity index (χ2n) is 8.44. The van der Waals surface area contributed by atoms with Crippen molar-refractivity contribution in [3.05, 3.63) is 18.2 Å². The Morgan fingerprint density at radius 3 is 2.19 bits per heavy atom. The number of nitrogens with one attached hydrogen (secondary N) is 2. The van der Waals surface area contributed by atoms with Gasteiger partial charge in [0.1, 0.15) is 5.75 Å². The van der Waals surface area contributed by atoms with Gasteiger partial charge in [0.05, 0.1) is 24.5 Å². The highest BCUT2D eigenvalue weighted by molar-refractivity contribution is 7.92. The summed E-state index contributed by atoms with van der Waals surface area (Å²) in [5.41, 5.74) is 0.788. The molecular formula is C19H26N2O4S. The predicted octanol–water partition coefficient (Wildman–Crippen LogP) is 3.22. The molecule has 4 aliphatic carbocycles. The zero-order valence-corrected chi connectivity index (χ0v) is 16.1. The van der Waals surface area contributed by atoms with E-state index in [1.165, 1.54) is 26.4 Å². The molecule has 0 spiro atoms.